The zero-order chi connectivity index (χ0) is 10.8. The molecule has 0 aliphatic heterocycles. The van der Waals surface area contributed by atoms with Crippen LogP contribution in [0.5, 0.6) is 0 Å². The molecular formula is C11H26N2O. The van der Waals surface area contributed by atoms with Gasteiger partial charge in [0.15, 0.2) is 0 Å². The van der Waals surface area contributed by atoms with E-state index in [1.807, 2.05) is 0 Å². The van der Waals surface area contributed by atoms with E-state index in [1.165, 1.54) is 0 Å². The maximum atomic E-state index is 5.64. The van der Waals surface area contributed by atoms with E-state index in [0.717, 1.165) is 32.6 Å². The Kier molecular flexibility index (Phi) is 9.35. The van der Waals surface area contributed by atoms with Crippen molar-refractivity contribution in [3.63, 3.8) is 0 Å². The Labute approximate surface area is 88.4 Å². The van der Waals surface area contributed by atoms with Crippen molar-refractivity contribution < 1.29 is 4.74 Å². The predicted molar refractivity (Wildman–Crippen MR) is 61.4 cm³/mol. The molecule has 0 aliphatic carbocycles. The smallest absolute Gasteiger partial charge is 0.0478 e. The van der Waals surface area contributed by atoms with Crippen LogP contribution in [0, 0.1) is 5.92 Å². The largest absolute Gasteiger partial charge is 0.381 e. The minimum Gasteiger partial charge on any atom is -0.381 e. The zero-order valence-corrected chi connectivity index (χ0v) is 9.88. The van der Waals surface area contributed by atoms with Crippen LogP contribution in [0.15, 0.2) is 0 Å². The molecule has 14 heavy (non-hydrogen) atoms. The molecule has 86 valence electrons. The van der Waals surface area contributed by atoms with E-state index in [4.69, 9.17) is 10.5 Å². The van der Waals surface area contributed by atoms with Crippen molar-refractivity contribution in [3.8, 4) is 0 Å². The van der Waals surface area contributed by atoms with E-state index >= 15 is 0 Å². The van der Waals surface area contributed by atoms with Crippen molar-refractivity contribution in [1.82, 2.24) is 5.32 Å². The van der Waals surface area contributed by atoms with Gasteiger partial charge in [-0.05, 0) is 25.3 Å². The molecule has 1 unspecified atom stereocenters. The Balaban J connectivity index is 3.25. The summed E-state index contributed by atoms with van der Waals surface area (Å²) in [7, 11) is 0. The number of ether oxygens (including phenoxy) is 1. The average molecular weight is 202 g/mol. The lowest BCUT2D eigenvalue weighted by Crippen LogP contribution is -2.40. The Hall–Kier alpha value is -0.120. The molecule has 1 atom stereocenters. The lowest BCUT2D eigenvalue weighted by Gasteiger charge is -2.20. The van der Waals surface area contributed by atoms with Crippen molar-refractivity contribution >= 4 is 0 Å². The fourth-order valence-electron chi connectivity index (χ4n) is 1.30. The van der Waals surface area contributed by atoms with E-state index in [1.54, 1.807) is 0 Å². The van der Waals surface area contributed by atoms with Crippen molar-refractivity contribution in [2.45, 2.75) is 39.7 Å². The predicted octanol–water partition coefficient (Wildman–Crippen LogP) is 1.38. The third-order valence-corrected chi connectivity index (χ3v) is 2.28. The van der Waals surface area contributed by atoms with Gasteiger partial charge in [0, 0.05) is 25.8 Å². The molecular weight excluding hydrogens is 176 g/mol. The van der Waals surface area contributed by atoms with Gasteiger partial charge in [0.25, 0.3) is 0 Å². The van der Waals surface area contributed by atoms with E-state index in [0.29, 0.717) is 18.5 Å². The van der Waals surface area contributed by atoms with Gasteiger partial charge in [0.05, 0.1) is 0 Å². The molecule has 0 amide bonds. The minimum atomic E-state index is 0.446. The second-order valence-corrected chi connectivity index (χ2v) is 4.01. The topological polar surface area (TPSA) is 47.3 Å². The van der Waals surface area contributed by atoms with Gasteiger partial charge in [0.2, 0.25) is 0 Å². The fourth-order valence-corrected chi connectivity index (χ4v) is 1.30. The van der Waals surface area contributed by atoms with Crippen molar-refractivity contribution in [2.24, 2.45) is 11.7 Å². The third-order valence-electron chi connectivity index (χ3n) is 2.28. The second-order valence-electron chi connectivity index (χ2n) is 4.01. The van der Waals surface area contributed by atoms with Crippen LogP contribution in [0.25, 0.3) is 0 Å². The molecule has 3 heteroatoms. The summed E-state index contributed by atoms with van der Waals surface area (Å²) in [6.45, 7) is 9.97. The molecule has 0 aliphatic rings. The van der Waals surface area contributed by atoms with Crippen molar-refractivity contribution in [3.05, 3.63) is 0 Å². The quantitative estimate of drug-likeness (QED) is 0.555. The molecule has 0 aromatic heterocycles. The van der Waals surface area contributed by atoms with Gasteiger partial charge in [-0.3, -0.25) is 0 Å². The number of nitrogens with one attached hydrogen (secondary N) is 1. The fraction of sp³-hybridized carbons (Fsp3) is 1.00. The van der Waals surface area contributed by atoms with Gasteiger partial charge in [-0.15, -0.1) is 0 Å². The molecule has 0 rings (SSSR count). The molecule has 3 N–H and O–H groups in total. The highest BCUT2D eigenvalue weighted by molar-refractivity contribution is 4.70. The Morgan fingerprint density at radius 1 is 1.29 bits per heavy atom. The Morgan fingerprint density at radius 2 is 2.00 bits per heavy atom. The summed E-state index contributed by atoms with van der Waals surface area (Å²) in [6, 6.07) is 0.446. The SMILES string of the molecule is CCCOCCCNC(CN)C(C)C. The van der Waals surface area contributed by atoms with Crippen LogP contribution in [-0.2, 0) is 4.74 Å². The molecule has 0 heterocycles. The van der Waals surface area contributed by atoms with E-state index < -0.39 is 0 Å². The van der Waals surface area contributed by atoms with Gasteiger partial charge >= 0.3 is 0 Å². The summed E-state index contributed by atoms with van der Waals surface area (Å²) >= 11 is 0. The van der Waals surface area contributed by atoms with Gasteiger partial charge < -0.3 is 15.8 Å². The molecule has 0 saturated carbocycles. The molecule has 0 aromatic carbocycles. The lowest BCUT2D eigenvalue weighted by atomic mass is 10.0. The molecule has 0 radical (unpaired) electrons. The summed E-state index contributed by atoms with van der Waals surface area (Å²) in [5.74, 6) is 0.608. The highest BCUT2D eigenvalue weighted by Gasteiger charge is 2.08. The van der Waals surface area contributed by atoms with Crippen LogP contribution in [0.3, 0.4) is 0 Å². The average Bonchev–Trinajstić information content (AvgIpc) is 2.16. The first-order valence-electron chi connectivity index (χ1n) is 5.73. The Bertz CT molecular complexity index is 118. The van der Waals surface area contributed by atoms with E-state index in [2.05, 4.69) is 26.1 Å². The summed E-state index contributed by atoms with van der Waals surface area (Å²) in [5, 5.41) is 3.44. The van der Waals surface area contributed by atoms with Crippen LogP contribution in [0.2, 0.25) is 0 Å². The van der Waals surface area contributed by atoms with Gasteiger partial charge in [-0.25, -0.2) is 0 Å². The first kappa shape index (κ1) is 13.9. The van der Waals surface area contributed by atoms with Gasteiger partial charge in [-0.2, -0.15) is 0 Å². The first-order valence-corrected chi connectivity index (χ1v) is 5.73. The van der Waals surface area contributed by atoms with Crippen LogP contribution in [0.1, 0.15) is 33.6 Å². The molecule has 0 spiro atoms. The summed E-state index contributed by atoms with van der Waals surface area (Å²) in [5.41, 5.74) is 5.64. The molecule has 0 bridgehead atoms. The van der Waals surface area contributed by atoms with Crippen LogP contribution >= 0.6 is 0 Å². The summed E-state index contributed by atoms with van der Waals surface area (Å²) in [4.78, 5) is 0. The summed E-state index contributed by atoms with van der Waals surface area (Å²) < 4.78 is 5.39. The first-order chi connectivity index (χ1) is 6.72. The molecule has 0 fully saturated rings. The third kappa shape index (κ3) is 7.30. The number of rotatable bonds is 9. The van der Waals surface area contributed by atoms with Gasteiger partial charge in [0.1, 0.15) is 0 Å². The minimum absolute atomic E-state index is 0.446. The molecule has 0 saturated heterocycles. The standard InChI is InChI=1S/C11H26N2O/c1-4-7-14-8-5-6-13-11(9-12)10(2)3/h10-11,13H,4-9,12H2,1-3H3. The van der Waals surface area contributed by atoms with E-state index in [9.17, 15) is 0 Å². The monoisotopic (exact) mass is 202 g/mol. The number of hydrogen-bond acceptors (Lipinski definition) is 3. The van der Waals surface area contributed by atoms with Crippen LogP contribution in [-0.4, -0.2) is 32.3 Å². The molecule has 3 nitrogen and oxygen atoms in total. The van der Waals surface area contributed by atoms with Gasteiger partial charge in [-0.1, -0.05) is 20.8 Å². The van der Waals surface area contributed by atoms with E-state index in [-0.39, 0.29) is 0 Å². The zero-order valence-electron chi connectivity index (χ0n) is 9.88. The maximum Gasteiger partial charge on any atom is 0.0478 e. The summed E-state index contributed by atoms with van der Waals surface area (Å²) in [6.07, 6.45) is 2.17. The Morgan fingerprint density at radius 3 is 2.50 bits per heavy atom. The number of hydrogen-bond donors (Lipinski definition) is 2. The van der Waals surface area contributed by atoms with Crippen molar-refractivity contribution in [2.75, 3.05) is 26.3 Å². The van der Waals surface area contributed by atoms with Crippen molar-refractivity contribution in [1.29, 1.82) is 0 Å². The normalized spacial score (nSPS) is 13.5. The highest BCUT2D eigenvalue weighted by atomic mass is 16.5. The maximum absolute atomic E-state index is 5.64. The molecule has 0 aromatic rings. The highest BCUT2D eigenvalue weighted by Crippen LogP contribution is 1.99. The van der Waals surface area contributed by atoms with Crippen LogP contribution < -0.4 is 11.1 Å². The number of nitrogens with two attached hydrogens (primary N) is 1. The second kappa shape index (κ2) is 9.44. The van der Waals surface area contributed by atoms with Crippen LogP contribution in [0.4, 0.5) is 0 Å². The lowest BCUT2D eigenvalue weighted by molar-refractivity contribution is 0.131.